The van der Waals surface area contributed by atoms with Crippen LogP contribution in [0, 0.1) is 0 Å². The largest absolute Gasteiger partial charge is 0.379 e. The number of aliphatic imine (C=N–C) groups is 1. The molecule has 0 aromatic heterocycles. The molecule has 0 spiro atoms. The van der Waals surface area contributed by atoms with Gasteiger partial charge in [-0.25, -0.2) is 5.01 Å². The number of hydrogen-bond acceptors (Lipinski definition) is 5. The van der Waals surface area contributed by atoms with Crippen molar-refractivity contribution in [1.82, 2.24) is 10.4 Å². The summed E-state index contributed by atoms with van der Waals surface area (Å²) in [6.07, 6.45) is 1.19. The second kappa shape index (κ2) is 5.00. The molecule has 80 valence electrons. The number of thioether (sulfide) groups is 1. The first-order valence-corrected chi connectivity index (χ1v) is 6.13. The Hall–Kier alpha value is -0.260. The average Bonchev–Trinajstić information content (AvgIpc) is 2.19. The number of rotatable bonds is 1. The third-order valence-corrected chi connectivity index (χ3v) is 3.29. The first-order chi connectivity index (χ1) is 6.84. The Labute approximate surface area is 89.1 Å². The van der Waals surface area contributed by atoms with Gasteiger partial charge in [0.05, 0.1) is 19.3 Å². The smallest absolute Gasteiger partial charge is 0.171 e. The Bertz CT molecular complexity index is 216. The van der Waals surface area contributed by atoms with Gasteiger partial charge in [-0.05, 0) is 13.3 Å². The molecule has 0 aliphatic carbocycles. The Morgan fingerprint density at radius 2 is 2.29 bits per heavy atom. The van der Waals surface area contributed by atoms with E-state index in [1.165, 1.54) is 12.2 Å². The third-order valence-electron chi connectivity index (χ3n) is 2.38. The lowest BCUT2D eigenvalue weighted by molar-refractivity contribution is 0.0253. The quantitative estimate of drug-likeness (QED) is 0.699. The Balaban J connectivity index is 1.83. The van der Waals surface area contributed by atoms with E-state index in [1.807, 2.05) is 11.8 Å². The summed E-state index contributed by atoms with van der Waals surface area (Å²) in [6.45, 7) is 5.71. The highest BCUT2D eigenvalue weighted by atomic mass is 32.2. The minimum Gasteiger partial charge on any atom is -0.379 e. The summed E-state index contributed by atoms with van der Waals surface area (Å²) < 4.78 is 5.28. The number of ether oxygens (including phenoxy) is 1. The number of nitrogens with zero attached hydrogens (tertiary/aromatic N) is 2. The second-order valence-corrected chi connectivity index (χ2v) is 4.72. The zero-order valence-electron chi connectivity index (χ0n) is 8.53. The fourth-order valence-electron chi connectivity index (χ4n) is 1.50. The molecule has 2 heterocycles. The second-order valence-electron chi connectivity index (χ2n) is 3.63. The third kappa shape index (κ3) is 2.87. The van der Waals surface area contributed by atoms with E-state index in [0.29, 0.717) is 6.04 Å². The summed E-state index contributed by atoms with van der Waals surface area (Å²) in [6, 6.07) is 0.472. The van der Waals surface area contributed by atoms with Gasteiger partial charge < -0.3 is 4.74 Å². The minimum atomic E-state index is 0.472. The van der Waals surface area contributed by atoms with Gasteiger partial charge in [-0.1, -0.05) is 11.8 Å². The molecule has 0 bridgehead atoms. The van der Waals surface area contributed by atoms with Crippen LogP contribution in [-0.2, 0) is 4.74 Å². The van der Waals surface area contributed by atoms with Crippen molar-refractivity contribution >= 4 is 16.9 Å². The van der Waals surface area contributed by atoms with Gasteiger partial charge in [-0.2, -0.15) is 0 Å². The van der Waals surface area contributed by atoms with Crippen LogP contribution < -0.4 is 5.43 Å². The maximum atomic E-state index is 5.28. The number of hydrogen-bond donors (Lipinski definition) is 1. The number of nitrogens with one attached hydrogen (secondary N) is 1. The van der Waals surface area contributed by atoms with Gasteiger partial charge in [0.1, 0.15) is 0 Å². The van der Waals surface area contributed by atoms with Crippen molar-refractivity contribution in [2.75, 3.05) is 32.1 Å². The van der Waals surface area contributed by atoms with Gasteiger partial charge in [0.25, 0.3) is 0 Å². The maximum Gasteiger partial charge on any atom is 0.171 e. The van der Waals surface area contributed by atoms with Crippen LogP contribution in [-0.4, -0.2) is 48.3 Å². The van der Waals surface area contributed by atoms with Gasteiger partial charge in [-0.15, -0.1) is 0 Å². The van der Waals surface area contributed by atoms with Crippen molar-refractivity contribution in [3.63, 3.8) is 0 Å². The van der Waals surface area contributed by atoms with Gasteiger partial charge in [0.15, 0.2) is 5.17 Å². The summed E-state index contributed by atoms with van der Waals surface area (Å²) in [5, 5.41) is 3.26. The molecule has 1 unspecified atom stereocenters. The Morgan fingerprint density at radius 1 is 1.50 bits per heavy atom. The molecule has 2 aliphatic rings. The lowest BCUT2D eigenvalue weighted by Crippen LogP contribution is -2.48. The minimum absolute atomic E-state index is 0.472. The molecule has 0 amide bonds. The molecular weight excluding hydrogens is 198 g/mol. The number of amidine groups is 1. The van der Waals surface area contributed by atoms with Gasteiger partial charge >= 0.3 is 0 Å². The number of hydrazine groups is 1. The van der Waals surface area contributed by atoms with E-state index in [1.54, 1.807) is 0 Å². The van der Waals surface area contributed by atoms with E-state index >= 15 is 0 Å². The summed E-state index contributed by atoms with van der Waals surface area (Å²) in [5.41, 5.74) is 3.35. The fourth-order valence-corrected chi connectivity index (χ4v) is 2.60. The molecule has 4 nitrogen and oxygen atoms in total. The van der Waals surface area contributed by atoms with Crippen LogP contribution in [0.3, 0.4) is 0 Å². The molecule has 5 heteroatoms. The normalized spacial score (nSPS) is 29.8. The molecular formula is C9H17N3OS. The van der Waals surface area contributed by atoms with Crippen LogP contribution >= 0.6 is 11.8 Å². The Morgan fingerprint density at radius 3 is 3.00 bits per heavy atom. The lowest BCUT2D eigenvalue weighted by atomic mass is 10.3. The lowest BCUT2D eigenvalue weighted by Gasteiger charge is -2.29. The molecule has 2 aliphatic heterocycles. The van der Waals surface area contributed by atoms with Crippen molar-refractivity contribution in [3.05, 3.63) is 0 Å². The fraction of sp³-hybridized carbons (Fsp3) is 0.889. The average molecular weight is 215 g/mol. The first kappa shape index (κ1) is 10.3. The van der Waals surface area contributed by atoms with Crippen LogP contribution in [0.2, 0.25) is 0 Å². The van der Waals surface area contributed by atoms with Crippen molar-refractivity contribution in [3.8, 4) is 0 Å². The van der Waals surface area contributed by atoms with E-state index in [-0.39, 0.29) is 0 Å². The molecule has 0 radical (unpaired) electrons. The van der Waals surface area contributed by atoms with Crippen LogP contribution in [0.25, 0.3) is 0 Å². The predicted molar refractivity (Wildman–Crippen MR) is 59.5 cm³/mol. The highest BCUT2D eigenvalue weighted by Gasteiger charge is 2.15. The highest BCUT2D eigenvalue weighted by Crippen LogP contribution is 2.15. The van der Waals surface area contributed by atoms with E-state index in [9.17, 15) is 0 Å². The molecule has 1 N–H and O–H groups in total. The van der Waals surface area contributed by atoms with Crippen LogP contribution in [0.4, 0.5) is 0 Å². The van der Waals surface area contributed by atoms with Crippen LogP contribution in [0.1, 0.15) is 13.3 Å². The first-order valence-electron chi connectivity index (χ1n) is 5.14. The topological polar surface area (TPSA) is 36.9 Å². The summed E-state index contributed by atoms with van der Waals surface area (Å²) >= 11 is 1.82. The highest BCUT2D eigenvalue weighted by molar-refractivity contribution is 8.13. The molecule has 2 rings (SSSR count). The standard InChI is InChI=1S/C9H17N3OS/c1-8-2-7-14-9(10-8)11-12-3-5-13-6-4-12/h8H,2-7H2,1H3,(H,10,11). The van der Waals surface area contributed by atoms with Gasteiger partial charge in [0, 0.05) is 18.8 Å². The van der Waals surface area contributed by atoms with E-state index in [4.69, 9.17) is 4.74 Å². The van der Waals surface area contributed by atoms with E-state index < -0.39 is 0 Å². The van der Waals surface area contributed by atoms with Gasteiger partial charge in [-0.3, -0.25) is 10.4 Å². The molecule has 1 atom stereocenters. The number of morpholine rings is 1. The maximum absolute atomic E-state index is 5.28. The van der Waals surface area contributed by atoms with Crippen LogP contribution in [0.5, 0.6) is 0 Å². The summed E-state index contributed by atoms with van der Waals surface area (Å²) in [5.74, 6) is 1.18. The van der Waals surface area contributed by atoms with Crippen molar-refractivity contribution in [2.45, 2.75) is 19.4 Å². The molecule has 0 aromatic carbocycles. The molecule has 0 saturated carbocycles. The van der Waals surface area contributed by atoms with Crippen molar-refractivity contribution < 1.29 is 4.74 Å². The van der Waals surface area contributed by atoms with Gasteiger partial charge in [0.2, 0.25) is 0 Å². The predicted octanol–water partition coefficient (Wildman–Crippen LogP) is 0.705. The molecule has 1 fully saturated rings. The molecule has 0 aromatic rings. The molecule has 14 heavy (non-hydrogen) atoms. The van der Waals surface area contributed by atoms with Crippen molar-refractivity contribution in [1.29, 1.82) is 0 Å². The summed E-state index contributed by atoms with van der Waals surface area (Å²) in [4.78, 5) is 4.56. The zero-order chi connectivity index (χ0) is 9.80. The molecule has 1 saturated heterocycles. The van der Waals surface area contributed by atoms with Crippen LogP contribution in [0.15, 0.2) is 4.99 Å². The van der Waals surface area contributed by atoms with Crippen molar-refractivity contribution in [2.24, 2.45) is 4.99 Å². The summed E-state index contributed by atoms with van der Waals surface area (Å²) in [7, 11) is 0. The SMILES string of the molecule is CC1CCSC(NN2CCOCC2)=N1. The zero-order valence-corrected chi connectivity index (χ0v) is 9.35. The van der Waals surface area contributed by atoms with E-state index in [2.05, 4.69) is 22.4 Å². The monoisotopic (exact) mass is 215 g/mol. The van der Waals surface area contributed by atoms with E-state index in [0.717, 1.165) is 31.5 Å². The Kier molecular flexibility index (Phi) is 3.67.